The first kappa shape index (κ1) is 20.9. The molecule has 0 radical (unpaired) electrons. The lowest BCUT2D eigenvalue weighted by Crippen LogP contribution is -2.40. The number of rotatable bonds is 6. The molecule has 1 aliphatic rings. The maximum Gasteiger partial charge on any atom is 0.193 e. The largest absolute Gasteiger partial charge is 0.384 e. The standard InChI is InChI=1S/C20H28N4O.HI/c1-3-21-20(24-13-10-16(14-24)15-25-2)23-12-9-18-7-4-6-17-8-5-11-22-19(17)18;/h4-8,11,16H,3,9-10,12-15H2,1-2H3,(H,21,23);1H. The zero-order valence-electron chi connectivity index (χ0n) is 15.6. The fourth-order valence-electron chi connectivity index (χ4n) is 3.47. The first-order valence-electron chi connectivity index (χ1n) is 9.16. The van der Waals surface area contributed by atoms with Gasteiger partial charge in [-0.1, -0.05) is 24.3 Å². The molecule has 1 aromatic carbocycles. The molecule has 0 saturated carbocycles. The normalized spacial score (nSPS) is 17.4. The van der Waals surface area contributed by atoms with E-state index in [9.17, 15) is 0 Å². The van der Waals surface area contributed by atoms with Crippen LogP contribution in [0.15, 0.2) is 41.5 Å². The molecule has 3 rings (SSSR count). The Hall–Kier alpha value is -1.41. The molecule has 142 valence electrons. The van der Waals surface area contributed by atoms with E-state index in [1.54, 1.807) is 7.11 Å². The Morgan fingerprint density at radius 1 is 1.35 bits per heavy atom. The second kappa shape index (κ2) is 10.7. The number of guanidine groups is 1. The predicted molar refractivity (Wildman–Crippen MR) is 118 cm³/mol. The quantitative estimate of drug-likeness (QED) is 0.402. The van der Waals surface area contributed by atoms with Crippen LogP contribution in [0.3, 0.4) is 0 Å². The fraction of sp³-hybridized carbons (Fsp3) is 0.500. The van der Waals surface area contributed by atoms with Gasteiger partial charge >= 0.3 is 0 Å². The Morgan fingerprint density at radius 2 is 2.19 bits per heavy atom. The first-order valence-corrected chi connectivity index (χ1v) is 9.16. The summed E-state index contributed by atoms with van der Waals surface area (Å²) < 4.78 is 5.30. The SMILES string of the molecule is CCNC(=NCCc1cccc2cccnc12)N1CCC(COC)C1.I. The minimum absolute atomic E-state index is 0. The third-order valence-electron chi connectivity index (χ3n) is 4.68. The molecule has 1 unspecified atom stereocenters. The average Bonchev–Trinajstić information content (AvgIpc) is 3.10. The number of hydrogen-bond acceptors (Lipinski definition) is 3. The molecule has 0 amide bonds. The fourth-order valence-corrected chi connectivity index (χ4v) is 3.47. The summed E-state index contributed by atoms with van der Waals surface area (Å²) in [5, 5.41) is 4.62. The Bertz CT molecular complexity index is 717. The van der Waals surface area contributed by atoms with E-state index < -0.39 is 0 Å². The van der Waals surface area contributed by atoms with E-state index in [4.69, 9.17) is 9.73 Å². The van der Waals surface area contributed by atoms with Gasteiger partial charge in [0.25, 0.3) is 0 Å². The predicted octanol–water partition coefficient (Wildman–Crippen LogP) is 3.33. The first-order chi connectivity index (χ1) is 12.3. The molecule has 5 nitrogen and oxygen atoms in total. The van der Waals surface area contributed by atoms with Crippen molar-refractivity contribution in [2.75, 3.05) is 39.9 Å². The number of aliphatic imine (C=N–C) groups is 1. The van der Waals surface area contributed by atoms with Crippen LogP contribution in [0.1, 0.15) is 18.9 Å². The van der Waals surface area contributed by atoms with Crippen LogP contribution in [0.5, 0.6) is 0 Å². The zero-order chi connectivity index (χ0) is 17.5. The van der Waals surface area contributed by atoms with E-state index in [0.717, 1.165) is 50.7 Å². The number of ether oxygens (including phenoxy) is 1. The van der Waals surface area contributed by atoms with Gasteiger partial charge < -0.3 is 15.0 Å². The van der Waals surface area contributed by atoms with Crippen molar-refractivity contribution in [1.82, 2.24) is 15.2 Å². The average molecular weight is 468 g/mol. The summed E-state index contributed by atoms with van der Waals surface area (Å²) in [5.41, 5.74) is 2.35. The van der Waals surface area contributed by atoms with Gasteiger partial charge in [-0.2, -0.15) is 0 Å². The number of likely N-dealkylation sites (tertiary alicyclic amines) is 1. The summed E-state index contributed by atoms with van der Waals surface area (Å²) in [6, 6.07) is 10.5. The molecule has 26 heavy (non-hydrogen) atoms. The van der Waals surface area contributed by atoms with E-state index in [1.807, 2.05) is 12.3 Å². The molecule has 6 heteroatoms. The van der Waals surface area contributed by atoms with Crippen molar-refractivity contribution < 1.29 is 4.74 Å². The van der Waals surface area contributed by atoms with E-state index >= 15 is 0 Å². The van der Waals surface area contributed by atoms with Crippen LogP contribution in [-0.2, 0) is 11.2 Å². The Kier molecular flexibility index (Phi) is 8.58. The second-order valence-electron chi connectivity index (χ2n) is 6.53. The van der Waals surface area contributed by atoms with Crippen molar-refractivity contribution >= 4 is 40.8 Å². The van der Waals surface area contributed by atoms with Gasteiger partial charge in [0.1, 0.15) is 0 Å². The number of fused-ring (bicyclic) bond motifs is 1. The number of benzene rings is 1. The molecule has 0 aliphatic carbocycles. The minimum atomic E-state index is 0. The lowest BCUT2D eigenvalue weighted by atomic mass is 10.1. The summed E-state index contributed by atoms with van der Waals surface area (Å²) in [5.74, 6) is 1.63. The third-order valence-corrected chi connectivity index (χ3v) is 4.68. The highest BCUT2D eigenvalue weighted by molar-refractivity contribution is 14.0. The van der Waals surface area contributed by atoms with Crippen molar-refractivity contribution in [2.45, 2.75) is 19.8 Å². The molecule has 0 bridgehead atoms. The lowest BCUT2D eigenvalue weighted by Gasteiger charge is -2.21. The van der Waals surface area contributed by atoms with Crippen molar-refractivity contribution in [3.05, 3.63) is 42.1 Å². The van der Waals surface area contributed by atoms with Crippen LogP contribution in [-0.4, -0.2) is 55.7 Å². The number of halogens is 1. The zero-order valence-corrected chi connectivity index (χ0v) is 18.0. The van der Waals surface area contributed by atoms with Gasteiger partial charge in [-0.15, -0.1) is 24.0 Å². The van der Waals surface area contributed by atoms with Gasteiger partial charge in [-0.25, -0.2) is 0 Å². The molecular formula is C20H29IN4O. The summed E-state index contributed by atoms with van der Waals surface area (Å²) in [6.07, 6.45) is 3.93. The summed E-state index contributed by atoms with van der Waals surface area (Å²) in [7, 11) is 1.78. The summed E-state index contributed by atoms with van der Waals surface area (Å²) in [6.45, 7) is 6.68. The monoisotopic (exact) mass is 468 g/mol. The van der Waals surface area contributed by atoms with Gasteiger partial charge in [-0.05, 0) is 31.4 Å². The number of nitrogens with zero attached hydrogens (tertiary/aromatic N) is 3. The highest BCUT2D eigenvalue weighted by Gasteiger charge is 2.24. The Balaban J connectivity index is 0.00000243. The van der Waals surface area contributed by atoms with Crippen LogP contribution in [0.4, 0.5) is 0 Å². The Labute approximate surface area is 173 Å². The van der Waals surface area contributed by atoms with Crippen LogP contribution >= 0.6 is 24.0 Å². The highest BCUT2D eigenvalue weighted by atomic mass is 127. The molecule has 0 spiro atoms. The highest BCUT2D eigenvalue weighted by Crippen LogP contribution is 2.18. The molecule has 1 N–H and O–H groups in total. The maximum absolute atomic E-state index is 5.30. The topological polar surface area (TPSA) is 49.8 Å². The van der Waals surface area contributed by atoms with Crippen LogP contribution in [0.2, 0.25) is 0 Å². The number of nitrogens with one attached hydrogen (secondary N) is 1. The van der Waals surface area contributed by atoms with Crippen molar-refractivity contribution in [3.63, 3.8) is 0 Å². The molecule has 2 aromatic rings. The van der Waals surface area contributed by atoms with Gasteiger partial charge in [0.15, 0.2) is 5.96 Å². The number of methoxy groups -OCH3 is 1. The van der Waals surface area contributed by atoms with Crippen LogP contribution in [0, 0.1) is 5.92 Å². The summed E-state index contributed by atoms with van der Waals surface area (Å²) >= 11 is 0. The van der Waals surface area contributed by atoms with Gasteiger partial charge in [0, 0.05) is 50.8 Å². The molecule has 1 aromatic heterocycles. The molecule has 1 fully saturated rings. The molecule has 1 saturated heterocycles. The van der Waals surface area contributed by atoms with Crippen LogP contribution < -0.4 is 5.32 Å². The summed E-state index contributed by atoms with van der Waals surface area (Å²) in [4.78, 5) is 11.7. The number of para-hydroxylation sites is 1. The van der Waals surface area contributed by atoms with E-state index in [1.165, 1.54) is 17.4 Å². The Morgan fingerprint density at radius 3 is 3.00 bits per heavy atom. The van der Waals surface area contributed by atoms with E-state index in [2.05, 4.69) is 46.4 Å². The molecular weight excluding hydrogens is 439 g/mol. The van der Waals surface area contributed by atoms with Gasteiger partial charge in [-0.3, -0.25) is 9.98 Å². The lowest BCUT2D eigenvalue weighted by molar-refractivity contribution is 0.157. The van der Waals surface area contributed by atoms with Crippen molar-refractivity contribution in [1.29, 1.82) is 0 Å². The van der Waals surface area contributed by atoms with Crippen LogP contribution in [0.25, 0.3) is 10.9 Å². The van der Waals surface area contributed by atoms with E-state index in [0.29, 0.717) is 5.92 Å². The minimum Gasteiger partial charge on any atom is -0.384 e. The van der Waals surface area contributed by atoms with Crippen molar-refractivity contribution in [3.8, 4) is 0 Å². The number of pyridine rings is 1. The number of aromatic nitrogens is 1. The molecule has 1 atom stereocenters. The number of hydrogen-bond donors (Lipinski definition) is 1. The van der Waals surface area contributed by atoms with Crippen molar-refractivity contribution in [2.24, 2.45) is 10.9 Å². The third kappa shape index (κ3) is 5.30. The molecule has 2 heterocycles. The van der Waals surface area contributed by atoms with E-state index in [-0.39, 0.29) is 24.0 Å². The molecule has 1 aliphatic heterocycles. The maximum atomic E-state index is 5.30. The smallest absolute Gasteiger partial charge is 0.193 e. The van der Waals surface area contributed by atoms with Gasteiger partial charge in [0.05, 0.1) is 12.1 Å². The second-order valence-corrected chi connectivity index (χ2v) is 6.53. The van der Waals surface area contributed by atoms with Gasteiger partial charge in [0.2, 0.25) is 0 Å².